The first-order valence-electron chi connectivity index (χ1n) is 8.16. The highest BCUT2D eigenvalue weighted by Crippen LogP contribution is 2.47. The summed E-state index contributed by atoms with van der Waals surface area (Å²) in [6.07, 6.45) is 2.24. The third-order valence-corrected chi connectivity index (χ3v) is 5.62. The summed E-state index contributed by atoms with van der Waals surface area (Å²) in [4.78, 5) is 9.97. The number of nitrogens with one attached hydrogen (secondary N) is 2. The van der Waals surface area contributed by atoms with Crippen molar-refractivity contribution in [2.24, 2.45) is 4.99 Å². The highest BCUT2D eigenvalue weighted by Gasteiger charge is 2.44. The summed E-state index contributed by atoms with van der Waals surface area (Å²) in [6.45, 7) is 5.58. The summed E-state index contributed by atoms with van der Waals surface area (Å²) in [7, 11) is 1.78. The minimum absolute atomic E-state index is 0. The van der Waals surface area contributed by atoms with E-state index in [1.807, 2.05) is 26.0 Å². The molecule has 1 saturated carbocycles. The van der Waals surface area contributed by atoms with E-state index in [0.717, 1.165) is 42.6 Å². The zero-order chi connectivity index (χ0) is 17.2. The molecule has 1 aromatic heterocycles. The molecule has 1 fully saturated rings. The monoisotopic (exact) mass is 474 g/mol. The molecule has 4 nitrogen and oxygen atoms in total. The molecule has 1 aliphatic carbocycles. The molecule has 25 heavy (non-hydrogen) atoms. The predicted molar refractivity (Wildman–Crippen MR) is 113 cm³/mol. The number of nitrogens with zero attached hydrogens (tertiary/aromatic N) is 2. The molecular formula is C18H24FIN4S. The fourth-order valence-corrected chi connectivity index (χ4v) is 3.77. The molecule has 0 amide bonds. The second-order valence-electron chi connectivity index (χ2n) is 6.31. The van der Waals surface area contributed by atoms with Crippen LogP contribution < -0.4 is 10.6 Å². The lowest BCUT2D eigenvalue weighted by Gasteiger charge is -2.19. The van der Waals surface area contributed by atoms with Crippen LogP contribution in [0.4, 0.5) is 4.39 Å². The van der Waals surface area contributed by atoms with Gasteiger partial charge in [0.05, 0.1) is 17.2 Å². The average molecular weight is 474 g/mol. The molecule has 3 rings (SSSR count). The van der Waals surface area contributed by atoms with E-state index in [9.17, 15) is 4.39 Å². The minimum atomic E-state index is -0.185. The van der Waals surface area contributed by atoms with Crippen LogP contribution in [0.2, 0.25) is 0 Å². The lowest BCUT2D eigenvalue weighted by atomic mass is 9.96. The molecule has 1 heterocycles. The van der Waals surface area contributed by atoms with Gasteiger partial charge in [-0.1, -0.05) is 12.1 Å². The molecule has 0 unspecified atom stereocenters. The Hall–Kier alpha value is -1.22. The second kappa shape index (κ2) is 8.44. The number of aryl methyl sites for hydroxylation is 2. The third-order valence-electron chi connectivity index (χ3n) is 4.54. The number of hydrogen-bond acceptors (Lipinski definition) is 3. The number of aromatic nitrogens is 1. The Morgan fingerprint density at radius 1 is 1.24 bits per heavy atom. The molecule has 2 aromatic rings. The minimum Gasteiger partial charge on any atom is -0.356 e. The summed E-state index contributed by atoms with van der Waals surface area (Å²) in [5.41, 5.74) is 2.38. The van der Waals surface area contributed by atoms with Crippen LogP contribution in [0.15, 0.2) is 29.3 Å². The lowest BCUT2D eigenvalue weighted by Crippen LogP contribution is -2.40. The van der Waals surface area contributed by atoms with E-state index < -0.39 is 0 Å². The lowest BCUT2D eigenvalue weighted by molar-refractivity contribution is 0.617. The molecule has 0 aliphatic heterocycles. The van der Waals surface area contributed by atoms with Gasteiger partial charge in [-0.15, -0.1) is 35.3 Å². The maximum absolute atomic E-state index is 13.1. The molecule has 0 spiro atoms. The van der Waals surface area contributed by atoms with Gasteiger partial charge in [-0.25, -0.2) is 9.37 Å². The van der Waals surface area contributed by atoms with Gasteiger partial charge in [-0.05, 0) is 44.4 Å². The molecule has 0 radical (unpaired) electrons. The van der Waals surface area contributed by atoms with Crippen molar-refractivity contribution in [1.29, 1.82) is 0 Å². The largest absolute Gasteiger partial charge is 0.356 e. The molecule has 0 bridgehead atoms. The predicted octanol–water partition coefficient (Wildman–Crippen LogP) is 3.91. The molecule has 1 aromatic carbocycles. The van der Waals surface area contributed by atoms with Gasteiger partial charge in [0.15, 0.2) is 5.96 Å². The van der Waals surface area contributed by atoms with Gasteiger partial charge in [0.1, 0.15) is 5.82 Å². The quantitative estimate of drug-likeness (QED) is 0.393. The molecule has 0 atom stereocenters. The van der Waals surface area contributed by atoms with E-state index in [-0.39, 0.29) is 35.2 Å². The molecular weight excluding hydrogens is 450 g/mol. The molecule has 2 N–H and O–H groups in total. The van der Waals surface area contributed by atoms with Gasteiger partial charge in [0.2, 0.25) is 0 Å². The molecule has 0 saturated heterocycles. The summed E-state index contributed by atoms with van der Waals surface area (Å²) < 4.78 is 13.1. The van der Waals surface area contributed by atoms with Crippen LogP contribution in [-0.2, 0) is 12.0 Å². The number of benzene rings is 1. The zero-order valence-corrected chi connectivity index (χ0v) is 17.9. The van der Waals surface area contributed by atoms with Gasteiger partial charge < -0.3 is 10.6 Å². The Morgan fingerprint density at radius 3 is 2.44 bits per heavy atom. The number of aliphatic imine (C=N–C) groups is 1. The second-order valence-corrected chi connectivity index (χ2v) is 7.60. The standard InChI is InChI=1S/C18H23FN4S.HI/c1-12-16(24-13(2)23-12)10-21-17(20-3)22-11-18(8-9-18)14-4-6-15(19)7-5-14;/h4-7H,8-11H2,1-3H3,(H2,20,21,22);1H. The average Bonchev–Trinajstić information content (AvgIpc) is 3.28. The smallest absolute Gasteiger partial charge is 0.191 e. The zero-order valence-electron chi connectivity index (χ0n) is 14.7. The van der Waals surface area contributed by atoms with Gasteiger partial charge in [-0.3, -0.25) is 4.99 Å². The van der Waals surface area contributed by atoms with Crippen LogP contribution in [0.1, 0.15) is 34.0 Å². The van der Waals surface area contributed by atoms with Crippen LogP contribution in [0, 0.1) is 19.7 Å². The fourth-order valence-electron chi connectivity index (χ4n) is 2.90. The summed E-state index contributed by atoms with van der Waals surface area (Å²) in [5, 5.41) is 7.85. The Bertz CT molecular complexity index is 738. The van der Waals surface area contributed by atoms with Crippen LogP contribution in [-0.4, -0.2) is 24.5 Å². The fraction of sp³-hybridized carbons (Fsp3) is 0.444. The Kier molecular flexibility index (Phi) is 6.79. The Labute approximate surface area is 169 Å². The topological polar surface area (TPSA) is 49.3 Å². The van der Waals surface area contributed by atoms with Crippen molar-refractivity contribution in [3.63, 3.8) is 0 Å². The first-order chi connectivity index (χ1) is 11.5. The maximum atomic E-state index is 13.1. The van der Waals surface area contributed by atoms with E-state index in [4.69, 9.17) is 0 Å². The summed E-state index contributed by atoms with van der Waals surface area (Å²) in [6, 6.07) is 6.86. The number of hydrogen-bond donors (Lipinski definition) is 2. The van der Waals surface area contributed by atoms with E-state index >= 15 is 0 Å². The van der Waals surface area contributed by atoms with Crippen molar-refractivity contribution in [1.82, 2.24) is 15.6 Å². The molecule has 7 heteroatoms. The van der Waals surface area contributed by atoms with Gasteiger partial charge in [0.25, 0.3) is 0 Å². The Morgan fingerprint density at radius 2 is 1.92 bits per heavy atom. The van der Waals surface area contributed by atoms with E-state index in [1.54, 1.807) is 18.4 Å². The summed E-state index contributed by atoms with van der Waals surface area (Å²) >= 11 is 1.71. The third kappa shape index (κ3) is 4.91. The molecule has 1 aliphatic rings. The van der Waals surface area contributed by atoms with Crippen molar-refractivity contribution in [3.05, 3.63) is 51.2 Å². The first kappa shape index (κ1) is 20.1. The van der Waals surface area contributed by atoms with Crippen molar-refractivity contribution < 1.29 is 4.39 Å². The van der Waals surface area contributed by atoms with Crippen LogP contribution in [0.5, 0.6) is 0 Å². The maximum Gasteiger partial charge on any atom is 0.191 e. The number of guanidine groups is 1. The number of halogens is 2. The van der Waals surface area contributed by atoms with E-state index in [1.165, 1.54) is 22.6 Å². The summed E-state index contributed by atoms with van der Waals surface area (Å²) in [5.74, 6) is 0.601. The van der Waals surface area contributed by atoms with E-state index in [0.29, 0.717) is 0 Å². The Balaban J connectivity index is 0.00000225. The number of rotatable bonds is 5. The highest BCUT2D eigenvalue weighted by molar-refractivity contribution is 14.0. The van der Waals surface area contributed by atoms with Crippen LogP contribution in [0.25, 0.3) is 0 Å². The van der Waals surface area contributed by atoms with Crippen molar-refractivity contribution in [2.75, 3.05) is 13.6 Å². The first-order valence-corrected chi connectivity index (χ1v) is 8.97. The van der Waals surface area contributed by atoms with Crippen molar-refractivity contribution >= 4 is 41.3 Å². The van der Waals surface area contributed by atoms with Gasteiger partial charge in [0, 0.05) is 23.9 Å². The van der Waals surface area contributed by atoms with Crippen molar-refractivity contribution in [2.45, 2.75) is 38.6 Å². The van der Waals surface area contributed by atoms with Crippen molar-refractivity contribution in [3.8, 4) is 0 Å². The van der Waals surface area contributed by atoms with Crippen LogP contribution >= 0.6 is 35.3 Å². The molecule has 136 valence electrons. The SMILES string of the molecule is CN=C(NCc1sc(C)nc1C)NCC1(c2ccc(F)cc2)CC1.I. The normalized spacial score (nSPS) is 15.4. The van der Waals surface area contributed by atoms with Gasteiger partial charge >= 0.3 is 0 Å². The van der Waals surface area contributed by atoms with E-state index in [2.05, 4.69) is 20.6 Å². The van der Waals surface area contributed by atoms with Gasteiger partial charge in [-0.2, -0.15) is 0 Å². The van der Waals surface area contributed by atoms with Crippen LogP contribution in [0.3, 0.4) is 0 Å². The number of thiazole rings is 1. The highest BCUT2D eigenvalue weighted by atomic mass is 127.